The van der Waals surface area contributed by atoms with Gasteiger partial charge in [-0.2, -0.15) is 0 Å². The summed E-state index contributed by atoms with van der Waals surface area (Å²) in [5, 5.41) is 2.74. The van der Waals surface area contributed by atoms with E-state index in [-0.39, 0.29) is 30.9 Å². The lowest BCUT2D eigenvalue weighted by atomic mass is 10.1. The van der Waals surface area contributed by atoms with Crippen LogP contribution in [-0.4, -0.2) is 49.5 Å². The summed E-state index contributed by atoms with van der Waals surface area (Å²) in [6.07, 6.45) is 0.707. The monoisotopic (exact) mass is 424 g/mol. The zero-order chi connectivity index (χ0) is 22.2. The number of likely N-dealkylation sites (tertiary alicyclic amines) is 1. The van der Waals surface area contributed by atoms with Gasteiger partial charge in [-0.25, -0.2) is 0 Å². The number of ether oxygens (including phenoxy) is 2. The Labute approximate surface area is 182 Å². The summed E-state index contributed by atoms with van der Waals surface area (Å²) in [6.45, 7) is 2.28. The maximum Gasteiger partial charge on any atom is 0.311 e. The maximum atomic E-state index is 12.4. The standard InChI is InChI=1S/C24H28N2O5/c1-17(18-8-4-3-5-9-18)26-15-20(14-23(26)28)24(29)31-16-22(27)25-13-12-19-10-6-7-11-21(19)30-2/h3-11,17,20H,12-16H2,1-2H3,(H,25,27)/t17-,20+/m1/s1. The van der Waals surface area contributed by atoms with Crippen LogP contribution in [0.1, 0.15) is 30.5 Å². The number of carbonyl (C=O) groups is 3. The first-order valence-corrected chi connectivity index (χ1v) is 10.4. The number of para-hydroxylation sites is 1. The molecule has 2 atom stereocenters. The minimum Gasteiger partial charge on any atom is -0.496 e. The van der Waals surface area contributed by atoms with Crippen LogP contribution in [0.5, 0.6) is 5.75 Å². The van der Waals surface area contributed by atoms with Crippen molar-refractivity contribution in [1.29, 1.82) is 0 Å². The molecule has 0 aliphatic carbocycles. The first-order chi connectivity index (χ1) is 15.0. The number of rotatable bonds is 9. The lowest BCUT2D eigenvalue weighted by Crippen LogP contribution is -2.33. The van der Waals surface area contributed by atoms with E-state index in [9.17, 15) is 14.4 Å². The van der Waals surface area contributed by atoms with Crippen LogP contribution in [0.25, 0.3) is 0 Å². The summed E-state index contributed by atoms with van der Waals surface area (Å²) >= 11 is 0. The molecule has 2 amide bonds. The van der Waals surface area contributed by atoms with E-state index in [1.807, 2.05) is 61.5 Å². The highest BCUT2D eigenvalue weighted by Gasteiger charge is 2.38. The fourth-order valence-corrected chi connectivity index (χ4v) is 3.73. The second-order valence-electron chi connectivity index (χ2n) is 7.55. The molecule has 1 aliphatic rings. The zero-order valence-corrected chi connectivity index (χ0v) is 17.9. The fraction of sp³-hybridized carbons (Fsp3) is 0.375. The number of methoxy groups -OCH3 is 1. The van der Waals surface area contributed by atoms with E-state index < -0.39 is 11.9 Å². The van der Waals surface area contributed by atoms with Gasteiger partial charge in [0.2, 0.25) is 5.91 Å². The van der Waals surface area contributed by atoms with Crippen LogP contribution in [0.2, 0.25) is 0 Å². The van der Waals surface area contributed by atoms with Gasteiger partial charge in [-0.05, 0) is 30.5 Å². The van der Waals surface area contributed by atoms with Gasteiger partial charge in [-0.15, -0.1) is 0 Å². The van der Waals surface area contributed by atoms with Crippen LogP contribution in [0.15, 0.2) is 54.6 Å². The molecule has 1 aliphatic heterocycles. The van der Waals surface area contributed by atoms with Crippen LogP contribution >= 0.6 is 0 Å². The molecule has 1 heterocycles. The predicted molar refractivity (Wildman–Crippen MR) is 115 cm³/mol. The average Bonchev–Trinajstić information content (AvgIpc) is 3.19. The second-order valence-corrected chi connectivity index (χ2v) is 7.55. The molecule has 0 aromatic heterocycles. The molecule has 1 N–H and O–H groups in total. The SMILES string of the molecule is COc1ccccc1CCNC(=O)COC(=O)[C@H]1CC(=O)N([C@H](C)c2ccccc2)C1. The number of carbonyl (C=O) groups excluding carboxylic acids is 3. The number of benzene rings is 2. The molecule has 7 nitrogen and oxygen atoms in total. The van der Waals surface area contributed by atoms with Gasteiger partial charge in [0.05, 0.1) is 19.1 Å². The zero-order valence-electron chi connectivity index (χ0n) is 17.9. The molecule has 1 saturated heterocycles. The van der Waals surface area contributed by atoms with Crippen molar-refractivity contribution in [3.05, 3.63) is 65.7 Å². The first kappa shape index (κ1) is 22.3. The van der Waals surface area contributed by atoms with Crippen molar-refractivity contribution in [3.63, 3.8) is 0 Å². The molecular formula is C24H28N2O5. The van der Waals surface area contributed by atoms with E-state index in [0.29, 0.717) is 19.5 Å². The van der Waals surface area contributed by atoms with Gasteiger partial charge in [-0.3, -0.25) is 14.4 Å². The van der Waals surface area contributed by atoms with E-state index in [0.717, 1.165) is 16.9 Å². The van der Waals surface area contributed by atoms with Crippen molar-refractivity contribution < 1.29 is 23.9 Å². The molecule has 2 aromatic carbocycles. The van der Waals surface area contributed by atoms with Crippen LogP contribution < -0.4 is 10.1 Å². The number of nitrogens with zero attached hydrogens (tertiary/aromatic N) is 1. The van der Waals surface area contributed by atoms with Gasteiger partial charge < -0.3 is 19.7 Å². The predicted octanol–water partition coefficient (Wildman–Crippen LogP) is 2.51. The molecule has 0 unspecified atom stereocenters. The number of hydrogen-bond donors (Lipinski definition) is 1. The molecule has 0 bridgehead atoms. The third kappa shape index (κ3) is 5.84. The van der Waals surface area contributed by atoms with Crippen molar-refractivity contribution in [1.82, 2.24) is 10.2 Å². The minimum atomic E-state index is -0.556. The smallest absolute Gasteiger partial charge is 0.311 e. The van der Waals surface area contributed by atoms with E-state index in [4.69, 9.17) is 9.47 Å². The lowest BCUT2D eigenvalue weighted by molar-refractivity contribution is -0.152. The molecule has 31 heavy (non-hydrogen) atoms. The Morgan fingerprint density at radius 3 is 2.58 bits per heavy atom. The van der Waals surface area contributed by atoms with Crippen molar-refractivity contribution in [2.45, 2.75) is 25.8 Å². The summed E-state index contributed by atoms with van der Waals surface area (Å²) in [5.74, 6) is -0.763. The molecule has 7 heteroatoms. The molecule has 2 aromatic rings. The van der Waals surface area contributed by atoms with E-state index in [1.165, 1.54) is 0 Å². The molecule has 3 rings (SSSR count). The first-order valence-electron chi connectivity index (χ1n) is 10.4. The largest absolute Gasteiger partial charge is 0.496 e. The highest BCUT2D eigenvalue weighted by molar-refractivity contribution is 5.88. The summed E-state index contributed by atoms with van der Waals surface area (Å²) in [4.78, 5) is 38.5. The van der Waals surface area contributed by atoms with Gasteiger partial charge in [0.15, 0.2) is 6.61 Å². The van der Waals surface area contributed by atoms with Crippen molar-refractivity contribution in [3.8, 4) is 5.75 Å². The summed E-state index contributed by atoms with van der Waals surface area (Å²) in [5.41, 5.74) is 2.00. The molecule has 1 fully saturated rings. The molecular weight excluding hydrogens is 396 g/mol. The molecule has 0 spiro atoms. The van der Waals surface area contributed by atoms with Crippen LogP contribution in [0.4, 0.5) is 0 Å². The summed E-state index contributed by atoms with van der Waals surface area (Å²) in [6, 6.07) is 17.2. The van der Waals surface area contributed by atoms with Gasteiger partial charge in [0, 0.05) is 19.5 Å². The van der Waals surface area contributed by atoms with E-state index in [2.05, 4.69) is 5.32 Å². The maximum absolute atomic E-state index is 12.4. The highest BCUT2D eigenvalue weighted by atomic mass is 16.5. The minimum absolute atomic E-state index is 0.0837. The fourth-order valence-electron chi connectivity index (χ4n) is 3.73. The third-order valence-corrected chi connectivity index (χ3v) is 5.50. The quantitative estimate of drug-likeness (QED) is 0.626. The van der Waals surface area contributed by atoms with Gasteiger partial charge >= 0.3 is 5.97 Å². The topological polar surface area (TPSA) is 84.9 Å². The number of hydrogen-bond acceptors (Lipinski definition) is 5. The van der Waals surface area contributed by atoms with Gasteiger partial charge in [0.1, 0.15) is 5.75 Å². The van der Waals surface area contributed by atoms with Crippen LogP contribution in [0.3, 0.4) is 0 Å². The van der Waals surface area contributed by atoms with Gasteiger partial charge in [-0.1, -0.05) is 48.5 Å². The Morgan fingerprint density at radius 1 is 1.13 bits per heavy atom. The average molecular weight is 424 g/mol. The van der Waals surface area contributed by atoms with Gasteiger partial charge in [0.25, 0.3) is 5.91 Å². The van der Waals surface area contributed by atoms with Crippen molar-refractivity contribution in [2.75, 3.05) is 26.8 Å². The second kappa shape index (κ2) is 10.6. The van der Waals surface area contributed by atoms with E-state index in [1.54, 1.807) is 12.0 Å². The number of esters is 1. The summed E-state index contributed by atoms with van der Waals surface area (Å²) < 4.78 is 10.5. The van der Waals surface area contributed by atoms with Crippen LogP contribution in [-0.2, 0) is 25.5 Å². The van der Waals surface area contributed by atoms with Crippen LogP contribution in [0, 0.1) is 5.92 Å². The van der Waals surface area contributed by atoms with Crippen molar-refractivity contribution >= 4 is 17.8 Å². The number of nitrogens with one attached hydrogen (secondary N) is 1. The number of amides is 2. The normalized spacial score (nSPS) is 16.6. The molecule has 164 valence electrons. The van der Waals surface area contributed by atoms with Crippen molar-refractivity contribution in [2.24, 2.45) is 5.92 Å². The Hall–Kier alpha value is -3.35. The molecule has 0 saturated carbocycles. The third-order valence-electron chi connectivity index (χ3n) is 5.50. The highest BCUT2D eigenvalue weighted by Crippen LogP contribution is 2.29. The van der Waals surface area contributed by atoms with E-state index >= 15 is 0 Å². The lowest BCUT2D eigenvalue weighted by Gasteiger charge is -2.25. The summed E-state index contributed by atoms with van der Waals surface area (Å²) in [7, 11) is 1.60. The Balaban J connectivity index is 1.42. The Bertz CT molecular complexity index is 915. The molecule has 0 radical (unpaired) electrons. The Kier molecular flexibility index (Phi) is 7.65. The Morgan fingerprint density at radius 2 is 1.84 bits per heavy atom.